The van der Waals surface area contributed by atoms with E-state index in [4.69, 9.17) is 10.00 Å². The molecule has 0 saturated heterocycles. The number of nitrogens with zero attached hydrogens (tertiary/aromatic N) is 2. The van der Waals surface area contributed by atoms with Crippen molar-refractivity contribution in [2.24, 2.45) is 5.10 Å². The van der Waals surface area contributed by atoms with Crippen LogP contribution >= 0.6 is 0 Å². The van der Waals surface area contributed by atoms with Gasteiger partial charge in [0.2, 0.25) is 0 Å². The van der Waals surface area contributed by atoms with Crippen molar-refractivity contribution in [1.29, 1.82) is 5.26 Å². The Bertz CT molecular complexity index is 1000. The Morgan fingerprint density at radius 2 is 1.71 bits per heavy atom. The van der Waals surface area contributed by atoms with E-state index in [-0.39, 0.29) is 5.91 Å². The molecule has 5 heteroatoms. The Labute approximate surface area is 163 Å². The third-order valence-corrected chi connectivity index (χ3v) is 4.06. The summed E-state index contributed by atoms with van der Waals surface area (Å²) in [6, 6.07) is 24.0. The molecule has 0 fully saturated rings. The minimum Gasteiger partial charge on any atom is -0.489 e. The van der Waals surface area contributed by atoms with Crippen molar-refractivity contribution in [1.82, 2.24) is 5.43 Å². The number of ether oxygens (including phenoxy) is 1. The van der Waals surface area contributed by atoms with Crippen molar-refractivity contribution in [2.45, 2.75) is 13.5 Å². The van der Waals surface area contributed by atoms with Crippen molar-refractivity contribution < 1.29 is 9.53 Å². The number of rotatable bonds is 6. The molecule has 0 aliphatic heterocycles. The zero-order valence-electron chi connectivity index (χ0n) is 15.4. The zero-order valence-corrected chi connectivity index (χ0v) is 15.4. The van der Waals surface area contributed by atoms with Crippen molar-refractivity contribution in [3.8, 4) is 11.8 Å². The summed E-state index contributed by atoms with van der Waals surface area (Å²) in [6.07, 6.45) is 1.53. The van der Waals surface area contributed by atoms with Gasteiger partial charge in [-0.1, -0.05) is 42.0 Å². The second-order valence-electron chi connectivity index (χ2n) is 6.23. The lowest BCUT2D eigenvalue weighted by atomic mass is 10.2. The average molecular weight is 369 g/mol. The van der Waals surface area contributed by atoms with Gasteiger partial charge in [-0.3, -0.25) is 4.79 Å². The monoisotopic (exact) mass is 369 g/mol. The topological polar surface area (TPSA) is 74.5 Å². The van der Waals surface area contributed by atoms with E-state index in [2.05, 4.69) is 16.6 Å². The Balaban J connectivity index is 1.52. The molecule has 0 atom stereocenters. The van der Waals surface area contributed by atoms with Crippen molar-refractivity contribution in [2.75, 3.05) is 0 Å². The summed E-state index contributed by atoms with van der Waals surface area (Å²) in [4.78, 5) is 12.1. The maximum absolute atomic E-state index is 12.1. The van der Waals surface area contributed by atoms with Crippen LogP contribution in [0, 0.1) is 18.3 Å². The second kappa shape index (κ2) is 9.15. The van der Waals surface area contributed by atoms with Gasteiger partial charge in [0.15, 0.2) is 0 Å². The van der Waals surface area contributed by atoms with E-state index in [9.17, 15) is 4.79 Å². The molecule has 0 aliphatic carbocycles. The van der Waals surface area contributed by atoms with Crippen LogP contribution in [0.25, 0.3) is 0 Å². The van der Waals surface area contributed by atoms with Gasteiger partial charge in [-0.05, 0) is 54.4 Å². The predicted octanol–water partition coefficient (Wildman–Crippen LogP) is 4.21. The summed E-state index contributed by atoms with van der Waals surface area (Å²) in [5, 5.41) is 12.7. The van der Waals surface area contributed by atoms with E-state index in [0.29, 0.717) is 23.5 Å². The first kappa shape index (κ1) is 18.9. The molecule has 0 radical (unpaired) electrons. The number of aryl methyl sites for hydroxylation is 1. The lowest BCUT2D eigenvalue weighted by Gasteiger charge is -2.07. The number of amides is 1. The molecular formula is C23H19N3O2. The molecule has 1 N–H and O–H groups in total. The van der Waals surface area contributed by atoms with Crippen LogP contribution in [0.4, 0.5) is 0 Å². The molecule has 138 valence electrons. The average Bonchev–Trinajstić information content (AvgIpc) is 2.74. The maximum Gasteiger partial charge on any atom is 0.271 e. The number of carbonyl (C=O) groups is 1. The van der Waals surface area contributed by atoms with Crippen molar-refractivity contribution in [3.63, 3.8) is 0 Å². The fourth-order valence-electron chi connectivity index (χ4n) is 2.43. The van der Waals surface area contributed by atoms with Gasteiger partial charge in [-0.2, -0.15) is 10.4 Å². The lowest BCUT2D eigenvalue weighted by molar-refractivity contribution is 0.0955. The summed E-state index contributed by atoms with van der Waals surface area (Å²) < 4.78 is 5.74. The predicted molar refractivity (Wildman–Crippen MR) is 108 cm³/mol. The fourth-order valence-corrected chi connectivity index (χ4v) is 2.43. The molecule has 0 aromatic heterocycles. The van der Waals surface area contributed by atoms with Crippen LogP contribution < -0.4 is 10.2 Å². The van der Waals surface area contributed by atoms with Crippen LogP contribution in [0.5, 0.6) is 5.75 Å². The van der Waals surface area contributed by atoms with Crippen LogP contribution in [0.3, 0.4) is 0 Å². The number of hydrogen-bond acceptors (Lipinski definition) is 4. The SMILES string of the molecule is Cc1ccc(COc2ccc(C(=O)N/N=C/c3ccc(C#N)cc3)cc2)cc1. The van der Waals surface area contributed by atoms with E-state index >= 15 is 0 Å². The largest absolute Gasteiger partial charge is 0.489 e. The van der Waals surface area contributed by atoms with Gasteiger partial charge >= 0.3 is 0 Å². The third-order valence-electron chi connectivity index (χ3n) is 4.06. The highest BCUT2D eigenvalue weighted by molar-refractivity contribution is 5.95. The molecule has 1 amide bonds. The molecule has 0 bridgehead atoms. The Hall–Kier alpha value is -3.91. The molecule has 3 rings (SSSR count). The molecule has 0 heterocycles. The Kier molecular flexibility index (Phi) is 6.17. The van der Waals surface area contributed by atoms with Gasteiger partial charge in [0.1, 0.15) is 12.4 Å². The van der Waals surface area contributed by atoms with E-state index < -0.39 is 0 Å². The van der Waals surface area contributed by atoms with Crippen LogP contribution in [-0.2, 0) is 6.61 Å². The second-order valence-corrected chi connectivity index (χ2v) is 6.23. The van der Waals surface area contributed by atoms with Crippen molar-refractivity contribution in [3.05, 3.63) is 101 Å². The summed E-state index contributed by atoms with van der Waals surface area (Å²) >= 11 is 0. The highest BCUT2D eigenvalue weighted by Crippen LogP contribution is 2.14. The number of hydrogen-bond donors (Lipinski definition) is 1. The Morgan fingerprint density at radius 3 is 2.36 bits per heavy atom. The quantitative estimate of drug-likeness (QED) is 0.522. The van der Waals surface area contributed by atoms with Gasteiger partial charge in [0.05, 0.1) is 17.8 Å². The van der Waals surface area contributed by atoms with Gasteiger partial charge in [0.25, 0.3) is 5.91 Å². The van der Waals surface area contributed by atoms with Crippen LogP contribution in [0.15, 0.2) is 77.9 Å². The van der Waals surface area contributed by atoms with Crippen LogP contribution in [0.2, 0.25) is 0 Å². The molecule has 28 heavy (non-hydrogen) atoms. The standard InChI is InChI=1S/C23H19N3O2/c1-17-2-4-20(5-3-17)16-28-22-12-10-21(11-13-22)23(27)26-25-15-19-8-6-18(14-24)7-9-19/h2-13,15H,16H2,1H3,(H,26,27)/b25-15+. The molecular weight excluding hydrogens is 350 g/mol. The number of nitriles is 1. The molecule has 0 unspecified atom stereocenters. The molecule has 3 aromatic carbocycles. The summed E-state index contributed by atoms with van der Waals surface area (Å²) in [5.41, 5.74) is 6.63. The van der Waals surface area contributed by atoms with E-state index in [1.807, 2.05) is 31.2 Å². The van der Waals surface area contributed by atoms with E-state index in [0.717, 1.165) is 11.1 Å². The first-order valence-corrected chi connectivity index (χ1v) is 8.76. The highest BCUT2D eigenvalue weighted by Gasteiger charge is 2.04. The molecule has 3 aromatic rings. The molecule has 0 aliphatic rings. The number of carbonyl (C=O) groups excluding carboxylic acids is 1. The van der Waals surface area contributed by atoms with Gasteiger partial charge in [0, 0.05) is 5.56 Å². The minimum atomic E-state index is -0.310. The minimum absolute atomic E-state index is 0.310. The normalized spacial score (nSPS) is 10.4. The van der Waals surface area contributed by atoms with E-state index in [1.54, 1.807) is 48.5 Å². The molecule has 5 nitrogen and oxygen atoms in total. The van der Waals surface area contributed by atoms with E-state index in [1.165, 1.54) is 11.8 Å². The summed E-state index contributed by atoms with van der Waals surface area (Å²) in [5.74, 6) is 0.383. The zero-order chi connectivity index (χ0) is 19.8. The third kappa shape index (κ3) is 5.29. The van der Waals surface area contributed by atoms with Crippen molar-refractivity contribution >= 4 is 12.1 Å². The maximum atomic E-state index is 12.1. The Morgan fingerprint density at radius 1 is 1.04 bits per heavy atom. The lowest BCUT2D eigenvalue weighted by Crippen LogP contribution is -2.17. The first-order chi connectivity index (χ1) is 13.6. The molecule has 0 spiro atoms. The molecule has 0 saturated carbocycles. The first-order valence-electron chi connectivity index (χ1n) is 8.76. The number of hydrazone groups is 1. The summed E-state index contributed by atoms with van der Waals surface area (Å²) in [6.45, 7) is 2.52. The van der Waals surface area contributed by atoms with Crippen LogP contribution in [-0.4, -0.2) is 12.1 Å². The van der Waals surface area contributed by atoms with Crippen LogP contribution in [0.1, 0.15) is 32.6 Å². The van der Waals surface area contributed by atoms with Gasteiger partial charge < -0.3 is 4.74 Å². The number of benzene rings is 3. The van der Waals surface area contributed by atoms with Gasteiger partial charge in [-0.25, -0.2) is 5.43 Å². The summed E-state index contributed by atoms with van der Waals surface area (Å²) in [7, 11) is 0. The number of nitrogens with one attached hydrogen (secondary N) is 1. The van der Waals surface area contributed by atoms with Gasteiger partial charge in [-0.15, -0.1) is 0 Å². The fraction of sp³-hybridized carbons (Fsp3) is 0.0870. The smallest absolute Gasteiger partial charge is 0.271 e. The highest BCUT2D eigenvalue weighted by atomic mass is 16.5.